The third kappa shape index (κ3) is 5.76. The normalized spacial score (nSPS) is 19.2. The van der Waals surface area contributed by atoms with Crippen molar-refractivity contribution in [3.05, 3.63) is 53.6 Å². The minimum absolute atomic E-state index is 0.0155. The van der Waals surface area contributed by atoms with Crippen molar-refractivity contribution < 1.29 is 32.3 Å². The van der Waals surface area contributed by atoms with Gasteiger partial charge in [0.2, 0.25) is 15.9 Å². The van der Waals surface area contributed by atoms with Gasteiger partial charge in [0.05, 0.1) is 30.2 Å². The second kappa shape index (κ2) is 11.1. The Morgan fingerprint density at radius 3 is 2.33 bits per heavy atom. The molecule has 2 heterocycles. The van der Waals surface area contributed by atoms with Crippen LogP contribution >= 0.6 is 11.6 Å². The summed E-state index contributed by atoms with van der Waals surface area (Å²) in [5.74, 6) is -1.40. The molecule has 2 fully saturated rings. The molecule has 0 saturated carbocycles. The summed E-state index contributed by atoms with van der Waals surface area (Å²) >= 11 is 5.94. The minimum Gasteiger partial charge on any atom is -0.427 e. The number of benzene rings is 2. The van der Waals surface area contributed by atoms with Crippen molar-refractivity contribution in [3.8, 4) is 5.75 Å². The number of sulfonamides is 1. The van der Waals surface area contributed by atoms with Gasteiger partial charge in [-0.1, -0.05) is 11.6 Å². The van der Waals surface area contributed by atoms with Gasteiger partial charge < -0.3 is 9.47 Å². The van der Waals surface area contributed by atoms with Crippen molar-refractivity contribution in [2.24, 2.45) is 0 Å². The third-order valence-corrected chi connectivity index (χ3v) is 8.16. The van der Waals surface area contributed by atoms with Crippen LogP contribution in [-0.4, -0.2) is 80.8 Å². The lowest BCUT2D eigenvalue weighted by atomic mass is 10.2. The maximum absolute atomic E-state index is 13.7. The van der Waals surface area contributed by atoms with E-state index in [9.17, 15) is 22.8 Å². The predicted octanol–water partition coefficient (Wildman–Crippen LogP) is 1.92. The summed E-state index contributed by atoms with van der Waals surface area (Å²) in [6.07, 6.45) is -0.291. The smallest absolute Gasteiger partial charge is 0.308 e. The fourth-order valence-electron chi connectivity index (χ4n) is 4.19. The number of imide groups is 1. The third-order valence-electron chi connectivity index (χ3n) is 5.99. The maximum Gasteiger partial charge on any atom is 0.308 e. The van der Waals surface area contributed by atoms with E-state index in [1.807, 2.05) is 0 Å². The number of rotatable bonds is 8. The molecule has 2 saturated heterocycles. The molecule has 0 aromatic heterocycles. The van der Waals surface area contributed by atoms with Gasteiger partial charge in [-0.15, -0.1) is 0 Å². The Labute approximate surface area is 214 Å². The molecule has 10 nitrogen and oxygen atoms in total. The van der Waals surface area contributed by atoms with Gasteiger partial charge in [-0.3, -0.25) is 19.3 Å². The fraction of sp³-hybridized carbons (Fsp3) is 0.375. The van der Waals surface area contributed by atoms with Gasteiger partial charge in [0.25, 0.3) is 5.91 Å². The van der Waals surface area contributed by atoms with E-state index in [2.05, 4.69) is 4.90 Å². The highest BCUT2D eigenvalue weighted by Crippen LogP contribution is 2.30. The number of esters is 1. The monoisotopic (exact) mass is 535 g/mol. The van der Waals surface area contributed by atoms with Gasteiger partial charge in [0.15, 0.2) is 0 Å². The first-order valence-electron chi connectivity index (χ1n) is 11.4. The van der Waals surface area contributed by atoms with Crippen LogP contribution in [0.4, 0.5) is 5.69 Å². The number of carbonyl (C=O) groups excluding carboxylic acids is 3. The number of anilines is 1. The van der Waals surface area contributed by atoms with Crippen LogP contribution in [0.1, 0.15) is 13.3 Å². The average Bonchev–Trinajstić information content (AvgIpc) is 3.13. The largest absolute Gasteiger partial charge is 0.427 e. The summed E-state index contributed by atoms with van der Waals surface area (Å²) in [7, 11) is -4.12. The summed E-state index contributed by atoms with van der Waals surface area (Å²) in [5, 5.41) is 0.379. The number of amides is 2. The molecule has 4 rings (SSSR count). The molecule has 36 heavy (non-hydrogen) atoms. The van der Waals surface area contributed by atoms with Gasteiger partial charge in [0, 0.05) is 38.1 Å². The summed E-state index contributed by atoms with van der Waals surface area (Å²) in [6.45, 7) is 4.04. The number of carbonyl (C=O) groups is 3. The van der Waals surface area contributed by atoms with Crippen molar-refractivity contribution in [1.82, 2.24) is 9.21 Å². The molecular formula is C24H26ClN3O7S. The van der Waals surface area contributed by atoms with Gasteiger partial charge >= 0.3 is 5.97 Å². The van der Waals surface area contributed by atoms with E-state index in [1.165, 1.54) is 55.5 Å². The van der Waals surface area contributed by atoms with E-state index in [1.54, 1.807) is 0 Å². The van der Waals surface area contributed by atoms with E-state index >= 15 is 0 Å². The Morgan fingerprint density at radius 2 is 1.72 bits per heavy atom. The van der Waals surface area contributed by atoms with Crippen LogP contribution < -0.4 is 9.64 Å². The zero-order valence-electron chi connectivity index (χ0n) is 19.6. The maximum atomic E-state index is 13.7. The zero-order chi connectivity index (χ0) is 25.9. The number of nitrogens with zero attached hydrogens (tertiary/aromatic N) is 3. The lowest BCUT2D eigenvalue weighted by Gasteiger charge is -2.31. The molecule has 0 N–H and O–H groups in total. The van der Waals surface area contributed by atoms with Crippen LogP contribution in [-0.2, 0) is 29.1 Å². The predicted molar refractivity (Wildman–Crippen MR) is 131 cm³/mol. The van der Waals surface area contributed by atoms with Crippen molar-refractivity contribution in [1.29, 1.82) is 0 Å². The van der Waals surface area contributed by atoms with Crippen LogP contribution in [0.25, 0.3) is 0 Å². The fourth-order valence-corrected chi connectivity index (χ4v) is 5.89. The van der Waals surface area contributed by atoms with Crippen LogP contribution in [0.2, 0.25) is 5.02 Å². The molecule has 2 aromatic carbocycles. The van der Waals surface area contributed by atoms with Gasteiger partial charge in [-0.2, -0.15) is 4.31 Å². The number of hydrogen-bond acceptors (Lipinski definition) is 8. The molecule has 0 aliphatic carbocycles. The molecule has 2 aromatic rings. The Bertz CT molecular complexity index is 1230. The molecule has 0 spiro atoms. The average molecular weight is 536 g/mol. The number of morpholine rings is 1. The number of halogens is 1. The molecule has 0 bridgehead atoms. The van der Waals surface area contributed by atoms with Crippen molar-refractivity contribution >= 4 is 45.1 Å². The Kier molecular flexibility index (Phi) is 8.06. The van der Waals surface area contributed by atoms with Crippen molar-refractivity contribution in [2.45, 2.75) is 24.3 Å². The van der Waals surface area contributed by atoms with E-state index in [4.69, 9.17) is 21.1 Å². The molecule has 0 radical (unpaired) electrons. The molecule has 2 aliphatic heterocycles. The molecule has 1 atom stereocenters. The summed E-state index contributed by atoms with van der Waals surface area (Å²) in [6, 6.07) is 10.4. The topological polar surface area (TPSA) is 114 Å². The quantitative estimate of drug-likeness (QED) is 0.286. The number of ether oxygens (including phenoxy) is 2. The summed E-state index contributed by atoms with van der Waals surface area (Å²) < 4.78 is 38.8. The van der Waals surface area contributed by atoms with Crippen molar-refractivity contribution in [3.63, 3.8) is 0 Å². The summed E-state index contributed by atoms with van der Waals surface area (Å²) in [4.78, 5) is 40.6. The highest BCUT2D eigenvalue weighted by Gasteiger charge is 2.47. The van der Waals surface area contributed by atoms with Crippen LogP contribution in [0.5, 0.6) is 5.75 Å². The van der Waals surface area contributed by atoms with E-state index < -0.39 is 33.8 Å². The van der Waals surface area contributed by atoms with Crippen molar-refractivity contribution in [2.75, 3.05) is 44.3 Å². The van der Waals surface area contributed by atoms with E-state index in [-0.39, 0.29) is 29.3 Å². The van der Waals surface area contributed by atoms with Crippen LogP contribution in [0, 0.1) is 0 Å². The van der Waals surface area contributed by atoms with Gasteiger partial charge in [0.1, 0.15) is 11.8 Å². The highest BCUT2D eigenvalue weighted by atomic mass is 35.5. The molecule has 2 aliphatic rings. The lowest BCUT2D eigenvalue weighted by Crippen LogP contribution is -2.49. The number of hydrogen-bond donors (Lipinski definition) is 0. The molecule has 12 heteroatoms. The Morgan fingerprint density at radius 1 is 1.08 bits per heavy atom. The second-order valence-corrected chi connectivity index (χ2v) is 10.7. The lowest BCUT2D eigenvalue weighted by molar-refractivity contribution is -0.132. The zero-order valence-corrected chi connectivity index (χ0v) is 21.2. The first-order valence-corrected chi connectivity index (χ1v) is 13.2. The standard InChI is InChI=1S/C24H26ClN3O7S/c1-17(29)35-20-6-4-19(5-7-20)28-23(30)16-22(24(28)31)27(11-10-26-12-14-34-15-13-26)36(32,33)21-8-2-18(25)3-9-21/h2-9,22H,10-16H2,1H3. The minimum atomic E-state index is -4.12. The van der Waals surface area contributed by atoms with E-state index in [0.717, 1.165) is 9.21 Å². The molecular weight excluding hydrogens is 510 g/mol. The second-order valence-electron chi connectivity index (χ2n) is 8.40. The summed E-state index contributed by atoms with van der Waals surface area (Å²) in [5.41, 5.74) is 0.264. The first kappa shape index (κ1) is 26.2. The molecule has 192 valence electrons. The SMILES string of the molecule is CC(=O)Oc1ccc(N2C(=O)CC(N(CCN3CCOCC3)S(=O)(=O)c3ccc(Cl)cc3)C2=O)cc1. The van der Waals surface area contributed by atoms with E-state index in [0.29, 0.717) is 37.9 Å². The van der Waals surface area contributed by atoms with Gasteiger partial charge in [-0.25, -0.2) is 13.3 Å². The van der Waals surface area contributed by atoms with Gasteiger partial charge in [-0.05, 0) is 48.5 Å². The Balaban J connectivity index is 1.61. The first-order chi connectivity index (χ1) is 17.2. The molecule has 2 amide bonds. The van der Waals surface area contributed by atoms with Crippen LogP contribution in [0.3, 0.4) is 0 Å². The molecule has 1 unspecified atom stereocenters. The van der Waals surface area contributed by atoms with Crippen LogP contribution in [0.15, 0.2) is 53.4 Å². The Hall–Kier alpha value is -2.83. The highest BCUT2D eigenvalue weighted by molar-refractivity contribution is 7.89.